The van der Waals surface area contributed by atoms with E-state index in [4.69, 9.17) is 0 Å². The molecule has 2 unspecified atom stereocenters. The molecule has 1 heterocycles. The molecule has 0 aliphatic heterocycles. The summed E-state index contributed by atoms with van der Waals surface area (Å²) >= 11 is 0. The number of hydrogen-bond acceptors (Lipinski definition) is 3. The quantitative estimate of drug-likeness (QED) is 0.821. The van der Waals surface area contributed by atoms with Crippen LogP contribution in [0, 0.1) is 0 Å². The van der Waals surface area contributed by atoms with Crippen molar-refractivity contribution < 1.29 is 9.53 Å². The van der Waals surface area contributed by atoms with Crippen LogP contribution in [0.1, 0.15) is 34.1 Å². The third-order valence-electron chi connectivity index (χ3n) is 3.72. The number of esters is 1. The van der Waals surface area contributed by atoms with Gasteiger partial charge < -0.3 is 15.0 Å². The Hall–Kier alpha value is -2.07. The highest BCUT2D eigenvalue weighted by molar-refractivity contribution is 5.87. The fraction of sp³-hybridized carbons (Fsp3) is 0.312. The molecule has 104 valence electrons. The number of methoxy groups -OCH3 is 1. The first kappa shape index (κ1) is 12.9. The number of carbonyl (C=O) groups excluding carboxylic acids is 1. The van der Waals surface area contributed by atoms with E-state index in [1.165, 1.54) is 19.1 Å². The van der Waals surface area contributed by atoms with E-state index in [0.29, 0.717) is 17.7 Å². The van der Waals surface area contributed by atoms with Crippen molar-refractivity contribution in [2.75, 3.05) is 7.11 Å². The highest BCUT2D eigenvalue weighted by Gasteiger charge is 2.37. The molecule has 0 radical (unpaired) electrons. The fourth-order valence-electron chi connectivity index (χ4n) is 2.50. The summed E-state index contributed by atoms with van der Waals surface area (Å²) in [5.74, 6) is 0.288. The zero-order valence-electron chi connectivity index (χ0n) is 11.4. The smallest absolute Gasteiger partial charge is 0.354 e. The minimum absolute atomic E-state index is 0.329. The van der Waals surface area contributed by atoms with E-state index in [-0.39, 0.29) is 5.97 Å². The lowest BCUT2D eigenvalue weighted by Crippen LogP contribution is -2.17. The van der Waals surface area contributed by atoms with Gasteiger partial charge in [-0.25, -0.2) is 4.79 Å². The number of rotatable bonds is 5. The Bertz CT molecular complexity index is 592. The molecule has 1 saturated carbocycles. The number of benzene rings is 1. The molecular weight excluding hydrogens is 252 g/mol. The Morgan fingerprint density at radius 1 is 1.30 bits per heavy atom. The van der Waals surface area contributed by atoms with Crippen LogP contribution >= 0.6 is 0 Å². The summed E-state index contributed by atoms with van der Waals surface area (Å²) in [5.41, 5.74) is 2.90. The number of aromatic amines is 1. The van der Waals surface area contributed by atoms with Gasteiger partial charge in [0, 0.05) is 24.2 Å². The fourth-order valence-corrected chi connectivity index (χ4v) is 2.50. The number of ether oxygens (including phenoxy) is 1. The molecule has 1 aromatic heterocycles. The Kier molecular flexibility index (Phi) is 3.56. The molecule has 2 N–H and O–H groups in total. The van der Waals surface area contributed by atoms with Crippen LogP contribution < -0.4 is 5.32 Å². The van der Waals surface area contributed by atoms with Gasteiger partial charge in [-0.3, -0.25) is 0 Å². The molecule has 2 atom stereocenters. The van der Waals surface area contributed by atoms with Gasteiger partial charge >= 0.3 is 5.97 Å². The molecular formula is C16H18N2O2. The third-order valence-corrected chi connectivity index (χ3v) is 3.72. The standard InChI is InChI=1S/C16H18N2O2/c1-20-16(19)14-8-7-12(18-14)10-17-15-9-13(15)11-5-3-2-4-6-11/h2-8,13,15,17-18H,9-10H2,1H3. The van der Waals surface area contributed by atoms with Crippen molar-refractivity contribution in [2.24, 2.45) is 0 Å². The summed E-state index contributed by atoms with van der Waals surface area (Å²) < 4.78 is 4.67. The molecule has 1 aromatic carbocycles. The third kappa shape index (κ3) is 2.75. The Morgan fingerprint density at radius 2 is 2.10 bits per heavy atom. The van der Waals surface area contributed by atoms with Gasteiger partial charge in [0.05, 0.1) is 7.11 Å². The van der Waals surface area contributed by atoms with Crippen LogP contribution in [0.4, 0.5) is 0 Å². The lowest BCUT2D eigenvalue weighted by molar-refractivity contribution is 0.0594. The van der Waals surface area contributed by atoms with Crippen LogP contribution in [-0.2, 0) is 11.3 Å². The van der Waals surface area contributed by atoms with E-state index < -0.39 is 0 Å². The SMILES string of the molecule is COC(=O)c1ccc(CNC2CC2c2ccccc2)[nH]1. The van der Waals surface area contributed by atoms with Crippen LogP contribution in [0.15, 0.2) is 42.5 Å². The average molecular weight is 270 g/mol. The van der Waals surface area contributed by atoms with Crippen LogP contribution in [0.5, 0.6) is 0 Å². The maximum absolute atomic E-state index is 11.3. The first-order valence-corrected chi connectivity index (χ1v) is 6.82. The molecule has 4 heteroatoms. The number of H-pyrrole nitrogens is 1. The van der Waals surface area contributed by atoms with Gasteiger partial charge in [-0.2, -0.15) is 0 Å². The predicted octanol–water partition coefficient (Wildman–Crippen LogP) is 2.45. The predicted molar refractivity (Wildman–Crippen MR) is 76.6 cm³/mol. The Morgan fingerprint density at radius 3 is 2.85 bits per heavy atom. The van der Waals surface area contributed by atoms with Crippen LogP contribution in [-0.4, -0.2) is 24.1 Å². The minimum Gasteiger partial charge on any atom is -0.464 e. The Balaban J connectivity index is 1.52. The van der Waals surface area contributed by atoms with E-state index in [1.54, 1.807) is 6.07 Å². The molecule has 0 saturated heterocycles. The molecule has 20 heavy (non-hydrogen) atoms. The van der Waals surface area contributed by atoms with Crippen molar-refractivity contribution in [3.63, 3.8) is 0 Å². The molecule has 0 amide bonds. The van der Waals surface area contributed by atoms with Crippen molar-refractivity contribution in [3.05, 3.63) is 59.4 Å². The van der Waals surface area contributed by atoms with Crippen molar-refractivity contribution in [3.8, 4) is 0 Å². The van der Waals surface area contributed by atoms with Gasteiger partial charge in [0.15, 0.2) is 0 Å². The van der Waals surface area contributed by atoms with E-state index in [1.807, 2.05) is 12.1 Å². The highest BCUT2D eigenvalue weighted by Crippen LogP contribution is 2.40. The molecule has 1 aliphatic rings. The van der Waals surface area contributed by atoms with Crippen molar-refractivity contribution in [1.29, 1.82) is 0 Å². The molecule has 4 nitrogen and oxygen atoms in total. The number of aromatic nitrogens is 1. The Labute approximate surface area is 118 Å². The first-order chi connectivity index (χ1) is 9.78. The van der Waals surface area contributed by atoms with E-state index in [9.17, 15) is 4.79 Å². The minimum atomic E-state index is -0.329. The maximum atomic E-state index is 11.3. The monoisotopic (exact) mass is 270 g/mol. The lowest BCUT2D eigenvalue weighted by Gasteiger charge is -2.03. The summed E-state index contributed by atoms with van der Waals surface area (Å²) in [6.45, 7) is 0.741. The van der Waals surface area contributed by atoms with Gasteiger partial charge in [-0.15, -0.1) is 0 Å². The number of hydrogen-bond donors (Lipinski definition) is 2. The molecule has 1 fully saturated rings. The lowest BCUT2D eigenvalue weighted by atomic mass is 10.1. The number of nitrogens with one attached hydrogen (secondary N) is 2. The van der Waals surface area contributed by atoms with E-state index in [2.05, 4.69) is 39.3 Å². The number of carbonyl (C=O) groups is 1. The second-order valence-corrected chi connectivity index (χ2v) is 5.13. The van der Waals surface area contributed by atoms with Crippen LogP contribution in [0.25, 0.3) is 0 Å². The largest absolute Gasteiger partial charge is 0.464 e. The van der Waals surface area contributed by atoms with E-state index in [0.717, 1.165) is 12.2 Å². The molecule has 0 spiro atoms. The zero-order chi connectivity index (χ0) is 13.9. The van der Waals surface area contributed by atoms with Gasteiger partial charge in [-0.1, -0.05) is 30.3 Å². The summed E-state index contributed by atoms with van der Waals surface area (Å²) in [7, 11) is 1.38. The molecule has 3 rings (SSSR count). The highest BCUT2D eigenvalue weighted by atomic mass is 16.5. The van der Waals surface area contributed by atoms with Crippen molar-refractivity contribution in [2.45, 2.75) is 24.9 Å². The van der Waals surface area contributed by atoms with Crippen molar-refractivity contribution >= 4 is 5.97 Å². The van der Waals surface area contributed by atoms with Crippen LogP contribution in [0.2, 0.25) is 0 Å². The molecule has 1 aliphatic carbocycles. The van der Waals surface area contributed by atoms with Gasteiger partial charge in [0.1, 0.15) is 5.69 Å². The molecule has 2 aromatic rings. The van der Waals surface area contributed by atoms with E-state index >= 15 is 0 Å². The van der Waals surface area contributed by atoms with Crippen molar-refractivity contribution in [1.82, 2.24) is 10.3 Å². The summed E-state index contributed by atoms with van der Waals surface area (Å²) in [6, 6.07) is 14.8. The maximum Gasteiger partial charge on any atom is 0.354 e. The second kappa shape index (κ2) is 5.51. The average Bonchev–Trinajstić information content (AvgIpc) is 3.13. The first-order valence-electron chi connectivity index (χ1n) is 6.82. The normalized spacial score (nSPS) is 20.6. The summed E-state index contributed by atoms with van der Waals surface area (Å²) in [4.78, 5) is 14.4. The summed E-state index contributed by atoms with van der Waals surface area (Å²) in [6.07, 6.45) is 1.18. The summed E-state index contributed by atoms with van der Waals surface area (Å²) in [5, 5.41) is 3.51. The second-order valence-electron chi connectivity index (χ2n) is 5.13. The molecule has 0 bridgehead atoms. The van der Waals surface area contributed by atoms with Gasteiger partial charge in [-0.05, 0) is 24.1 Å². The topological polar surface area (TPSA) is 54.1 Å². The van der Waals surface area contributed by atoms with Gasteiger partial charge in [0.2, 0.25) is 0 Å². The van der Waals surface area contributed by atoms with Crippen LogP contribution in [0.3, 0.4) is 0 Å². The zero-order valence-corrected chi connectivity index (χ0v) is 11.4. The van der Waals surface area contributed by atoms with Gasteiger partial charge in [0.25, 0.3) is 0 Å².